The van der Waals surface area contributed by atoms with Crippen molar-refractivity contribution in [3.05, 3.63) is 48.0 Å². The third kappa shape index (κ3) is 4.10. The minimum Gasteiger partial charge on any atom is -0.468 e. The first-order valence-corrected chi connectivity index (χ1v) is 5.49. The van der Waals surface area contributed by atoms with Gasteiger partial charge in [-0.15, -0.1) is 6.58 Å². The van der Waals surface area contributed by atoms with E-state index < -0.39 is 23.8 Å². The minimum atomic E-state index is -4.40. The number of rotatable bonds is 5. The van der Waals surface area contributed by atoms with E-state index in [2.05, 4.69) is 16.6 Å². The number of nitrogens with one attached hydrogen (secondary N) is 1. The van der Waals surface area contributed by atoms with Crippen LogP contribution in [0.5, 0.6) is 0 Å². The summed E-state index contributed by atoms with van der Waals surface area (Å²) in [5.41, 5.74) is -0.356. The van der Waals surface area contributed by atoms with Gasteiger partial charge in [0.05, 0.1) is 12.7 Å². The quantitative estimate of drug-likeness (QED) is 0.662. The van der Waals surface area contributed by atoms with E-state index in [9.17, 15) is 18.0 Å². The van der Waals surface area contributed by atoms with Gasteiger partial charge in [-0.05, 0) is 17.7 Å². The highest BCUT2D eigenvalue weighted by Gasteiger charge is 2.30. The molecule has 0 fully saturated rings. The zero-order chi connectivity index (χ0) is 14.5. The molecule has 0 saturated heterocycles. The molecule has 0 amide bonds. The third-order valence-corrected chi connectivity index (χ3v) is 2.47. The molecular formula is C13H14F3NO2. The van der Waals surface area contributed by atoms with E-state index in [4.69, 9.17) is 0 Å². The van der Waals surface area contributed by atoms with Crippen LogP contribution in [-0.2, 0) is 15.7 Å². The monoisotopic (exact) mass is 273 g/mol. The summed E-state index contributed by atoms with van der Waals surface area (Å²) in [5.74, 6) is -0.568. The Labute approximate surface area is 109 Å². The SMILES string of the molecule is C=CCNC(C(=O)OC)c1ccc(C(F)(F)F)cc1. The van der Waals surface area contributed by atoms with E-state index in [1.165, 1.54) is 19.2 Å². The average molecular weight is 273 g/mol. The van der Waals surface area contributed by atoms with E-state index in [0.29, 0.717) is 12.1 Å². The number of carbonyl (C=O) groups excluding carboxylic acids is 1. The largest absolute Gasteiger partial charge is 0.468 e. The number of methoxy groups -OCH3 is 1. The second kappa shape index (κ2) is 6.38. The molecule has 0 aliphatic heterocycles. The predicted molar refractivity (Wildman–Crippen MR) is 64.4 cm³/mol. The highest BCUT2D eigenvalue weighted by molar-refractivity contribution is 5.77. The van der Waals surface area contributed by atoms with Crippen LogP contribution in [0.4, 0.5) is 13.2 Å². The number of carbonyl (C=O) groups is 1. The molecule has 1 unspecified atom stereocenters. The summed E-state index contributed by atoms with van der Waals surface area (Å²) >= 11 is 0. The van der Waals surface area contributed by atoms with E-state index >= 15 is 0 Å². The number of hydrogen-bond acceptors (Lipinski definition) is 3. The molecule has 3 nitrogen and oxygen atoms in total. The standard InChI is InChI=1S/C13H14F3NO2/c1-3-8-17-11(12(18)19-2)9-4-6-10(7-5-9)13(14,15)16/h3-7,11,17H,1,8H2,2H3. The van der Waals surface area contributed by atoms with Crippen molar-refractivity contribution in [3.63, 3.8) is 0 Å². The number of halogens is 3. The lowest BCUT2D eigenvalue weighted by Crippen LogP contribution is -2.29. The number of benzene rings is 1. The fourth-order valence-corrected chi connectivity index (χ4v) is 1.52. The van der Waals surface area contributed by atoms with Crippen LogP contribution >= 0.6 is 0 Å². The molecule has 19 heavy (non-hydrogen) atoms. The fourth-order valence-electron chi connectivity index (χ4n) is 1.52. The Morgan fingerprint density at radius 1 is 1.42 bits per heavy atom. The molecular weight excluding hydrogens is 259 g/mol. The van der Waals surface area contributed by atoms with Gasteiger partial charge >= 0.3 is 12.1 Å². The Morgan fingerprint density at radius 2 is 2.00 bits per heavy atom. The van der Waals surface area contributed by atoms with Gasteiger partial charge in [-0.3, -0.25) is 5.32 Å². The molecule has 6 heteroatoms. The second-order valence-electron chi connectivity index (χ2n) is 3.77. The van der Waals surface area contributed by atoms with Crippen LogP contribution < -0.4 is 5.32 Å². The number of alkyl halides is 3. The highest BCUT2D eigenvalue weighted by Crippen LogP contribution is 2.30. The molecule has 0 spiro atoms. The first-order valence-electron chi connectivity index (χ1n) is 5.49. The van der Waals surface area contributed by atoms with Crippen molar-refractivity contribution in [1.29, 1.82) is 0 Å². The van der Waals surface area contributed by atoms with Gasteiger partial charge in [-0.1, -0.05) is 18.2 Å². The summed E-state index contributed by atoms with van der Waals surface area (Å²) in [6, 6.07) is 3.55. The van der Waals surface area contributed by atoms with Crippen molar-refractivity contribution >= 4 is 5.97 Å². The number of ether oxygens (including phenoxy) is 1. The minimum absolute atomic E-state index is 0.334. The Bertz CT molecular complexity index is 440. The maximum absolute atomic E-state index is 12.4. The van der Waals surface area contributed by atoms with E-state index in [1.54, 1.807) is 6.08 Å². The van der Waals surface area contributed by atoms with Gasteiger partial charge in [0, 0.05) is 6.54 Å². The zero-order valence-electron chi connectivity index (χ0n) is 10.3. The van der Waals surface area contributed by atoms with Crippen LogP contribution in [-0.4, -0.2) is 19.6 Å². The van der Waals surface area contributed by atoms with Crippen molar-refractivity contribution in [2.75, 3.05) is 13.7 Å². The van der Waals surface area contributed by atoms with Crippen molar-refractivity contribution in [3.8, 4) is 0 Å². The lowest BCUT2D eigenvalue weighted by molar-refractivity contribution is -0.143. The predicted octanol–water partition coefficient (Wildman–Crippen LogP) is 2.70. The Hall–Kier alpha value is -1.82. The fraction of sp³-hybridized carbons (Fsp3) is 0.308. The van der Waals surface area contributed by atoms with Gasteiger partial charge in [0.15, 0.2) is 0 Å². The lowest BCUT2D eigenvalue weighted by Gasteiger charge is -2.16. The summed E-state index contributed by atoms with van der Waals surface area (Å²) in [4.78, 5) is 11.6. The average Bonchev–Trinajstić information content (AvgIpc) is 2.38. The molecule has 1 atom stereocenters. The Kier molecular flexibility index (Phi) is 5.11. The van der Waals surface area contributed by atoms with Crippen molar-refractivity contribution < 1.29 is 22.7 Å². The van der Waals surface area contributed by atoms with Crippen molar-refractivity contribution in [1.82, 2.24) is 5.32 Å². The van der Waals surface area contributed by atoms with E-state index in [-0.39, 0.29) is 0 Å². The molecule has 0 aliphatic carbocycles. The molecule has 104 valence electrons. The topological polar surface area (TPSA) is 38.3 Å². The van der Waals surface area contributed by atoms with Crippen LogP contribution in [0.2, 0.25) is 0 Å². The highest BCUT2D eigenvalue weighted by atomic mass is 19.4. The summed E-state index contributed by atoms with van der Waals surface area (Å²) in [5, 5.41) is 2.82. The number of hydrogen-bond donors (Lipinski definition) is 1. The zero-order valence-corrected chi connectivity index (χ0v) is 10.3. The van der Waals surface area contributed by atoms with Crippen molar-refractivity contribution in [2.24, 2.45) is 0 Å². The molecule has 1 aromatic carbocycles. The molecule has 0 aliphatic rings. The van der Waals surface area contributed by atoms with E-state index in [1.807, 2.05) is 0 Å². The molecule has 0 radical (unpaired) electrons. The maximum Gasteiger partial charge on any atom is 0.416 e. The van der Waals surface area contributed by atoms with Gasteiger partial charge < -0.3 is 4.74 Å². The first-order chi connectivity index (χ1) is 8.90. The first kappa shape index (κ1) is 15.2. The Morgan fingerprint density at radius 3 is 2.42 bits per heavy atom. The van der Waals surface area contributed by atoms with Crippen LogP contribution in [0.3, 0.4) is 0 Å². The summed E-state index contributed by atoms with van der Waals surface area (Å²) < 4.78 is 41.9. The lowest BCUT2D eigenvalue weighted by atomic mass is 10.0. The Balaban J connectivity index is 2.96. The molecule has 0 bridgehead atoms. The molecule has 0 saturated carbocycles. The second-order valence-corrected chi connectivity index (χ2v) is 3.77. The normalized spacial score (nSPS) is 12.8. The van der Waals surface area contributed by atoms with Crippen LogP contribution in [0.15, 0.2) is 36.9 Å². The van der Waals surface area contributed by atoms with Crippen molar-refractivity contribution in [2.45, 2.75) is 12.2 Å². The maximum atomic E-state index is 12.4. The van der Waals surface area contributed by atoms with Gasteiger partial charge in [0.25, 0.3) is 0 Å². The van der Waals surface area contributed by atoms with E-state index in [0.717, 1.165) is 12.1 Å². The van der Waals surface area contributed by atoms with Gasteiger partial charge in [0.1, 0.15) is 6.04 Å². The molecule has 0 aromatic heterocycles. The molecule has 1 aromatic rings. The van der Waals surface area contributed by atoms with Crippen LogP contribution in [0.1, 0.15) is 17.2 Å². The third-order valence-electron chi connectivity index (χ3n) is 2.47. The molecule has 0 heterocycles. The number of esters is 1. The van der Waals surface area contributed by atoms with Gasteiger partial charge in [0.2, 0.25) is 0 Å². The summed E-state index contributed by atoms with van der Waals surface area (Å²) in [6.45, 7) is 3.83. The van der Waals surface area contributed by atoms with Gasteiger partial charge in [-0.2, -0.15) is 13.2 Å². The molecule has 1 rings (SSSR count). The van der Waals surface area contributed by atoms with Crippen LogP contribution in [0.25, 0.3) is 0 Å². The van der Waals surface area contributed by atoms with Gasteiger partial charge in [-0.25, -0.2) is 4.79 Å². The van der Waals surface area contributed by atoms with Crippen LogP contribution in [0, 0.1) is 0 Å². The molecule has 1 N–H and O–H groups in total. The smallest absolute Gasteiger partial charge is 0.416 e. The summed E-state index contributed by atoms with van der Waals surface area (Å²) in [7, 11) is 1.22. The summed E-state index contributed by atoms with van der Waals surface area (Å²) in [6.07, 6.45) is -2.85.